The molecule has 2 rings (SSSR count). The first-order valence-electron chi connectivity index (χ1n) is 4.87. The zero-order valence-corrected chi connectivity index (χ0v) is 10.2. The Balaban J connectivity index is 0.00000128. The molecule has 16 heavy (non-hydrogen) atoms. The normalized spacial score (nSPS) is 15.6. The van der Waals surface area contributed by atoms with Crippen LogP contribution in [0, 0.1) is 0 Å². The molecule has 1 amide bonds. The molecule has 0 spiro atoms. The summed E-state index contributed by atoms with van der Waals surface area (Å²) in [6, 6.07) is 3.94. The molecule has 1 fully saturated rings. The smallest absolute Gasteiger partial charge is 0.316 e. The second-order valence-corrected chi connectivity index (χ2v) is 3.76. The van der Waals surface area contributed by atoms with Crippen molar-refractivity contribution < 1.29 is 4.79 Å². The van der Waals surface area contributed by atoms with Gasteiger partial charge in [-0.25, -0.2) is 0 Å². The summed E-state index contributed by atoms with van der Waals surface area (Å²) in [5.41, 5.74) is 1.15. The lowest BCUT2D eigenvalue weighted by Gasteiger charge is -2.34. The highest BCUT2D eigenvalue weighted by Crippen LogP contribution is 2.15. The highest BCUT2D eigenvalue weighted by Gasteiger charge is 2.19. The van der Waals surface area contributed by atoms with Gasteiger partial charge in [0.05, 0.1) is 0 Å². The van der Waals surface area contributed by atoms with Crippen molar-refractivity contribution >= 4 is 35.1 Å². The molecule has 6 heteroatoms. The number of amides is 1. The highest BCUT2D eigenvalue weighted by atomic mass is 35.5. The lowest BCUT2D eigenvalue weighted by atomic mass is 10.3. The monoisotopic (exact) mass is 261 g/mol. The third kappa shape index (κ3) is 3.00. The van der Waals surface area contributed by atoms with Gasteiger partial charge in [-0.1, -0.05) is 0 Å². The van der Waals surface area contributed by atoms with E-state index in [4.69, 9.17) is 11.6 Å². The Kier molecular flexibility index (Phi) is 4.83. The number of carbonyl (C=O) groups excluding carboxylic acids is 1. The van der Waals surface area contributed by atoms with E-state index in [1.807, 2.05) is 12.1 Å². The molecular weight excluding hydrogens is 249 g/mol. The van der Waals surface area contributed by atoms with Crippen LogP contribution in [0.5, 0.6) is 0 Å². The van der Waals surface area contributed by atoms with Crippen LogP contribution in [0.2, 0.25) is 0 Å². The Hall–Kier alpha value is -1.00. The van der Waals surface area contributed by atoms with Gasteiger partial charge in [0.2, 0.25) is 0 Å². The summed E-state index contributed by atoms with van der Waals surface area (Å²) in [6.07, 6.45) is 3.54. The lowest BCUT2D eigenvalue weighted by Crippen LogP contribution is -2.47. The molecule has 0 unspecified atom stereocenters. The van der Waals surface area contributed by atoms with Crippen LogP contribution in [0.3, 0.4) is 0 Å². The van der Waals surface area contributed by atoms with Crippen molar-refractivity contribution in [2.24, 2.45) is 0 Å². The fourth-order valence-electron chi connectivity index (χ4n) is 1.70. The Labute approximate surface area is 106 Å². The molecule has 1 aliphatic heterocycles. The highest BCUT2D eigenvalue weighted by molar-refractivity contribution is 6.62. The zero-order valence-electron chi connectivity index (χ0n) is 8.67. The summed E-state index contributed by atoms with van der Waals surface area (Å²) in [6.45, 7) is 3.01. The topological polar surface area (TPSA) is 36.4 Å². The fraction of sp³-hybridized carbons (Fsp3) is 0.400. The molecule has 0 radical (unpaired) electrons. The lowest BCUT2D eigenvalue weighted by molar-refractivity contribution is 0.218. The van der Waals surface area contributed by atoms with E-state index in [9.17, 15) is 4.79 Å². The number of aromatic nitrogens is 1. The van der Waals surface area contributed by atoms with Gasteiger partial charge in [0, 0.05) is 44.3 Å². The van der Waals surface area contributed by atoms with Crippen molar-refractivity contribution in [2.45, 2.75) is 0 Å². The van der Waals surface area contributed by atoms with E-state index < -0.39 is 0 Å². The maximum Gasteiger partial charge on any atom is 0.316 e. The number of halogens is 2. The van der Waals surface area contributed by atoms with E-state index in [2.05, 4.69) is 9.88 Å². The maximum absolute atomic E-state index is 10.9. The second-order valence-electron chi connectivity index (χ2n) is 3.43. The van der Waals surface area contributed by atoms with Crippen LogP contribution in [0.1, 0.15) is 0 Å². The predicted octanol–water partition coefficient (Wildman–Crippen LogP) is 1.98. The number of carbonyl (C=O) groups is 1. The molecule has 88 valence electrons. The van der Waals surface area contributed by atoms with Crippen LogP contribution in [0.25, 0.3) is 0 Å². The van der Waals surface area contributed by atoms with E-state index in [-0.39, 0.29) is 17.8 Å². The summed E-state index contributed by atoms with van der Waals surface area (Å²) in [7, 11) is 0. The molecule has 1 aliphatic rings. The minimum atomic E-state index is -0.357. The van der Waals surface area contributed by atoms with Crippen molar-refractivity contribution in [2.75, 3.05) is 31.1 Å². The summed E-state index contributed by atoms with van der Waals surface area (Å²) in [5, 5.41) is -0.357. The van der Waals surface area contributed by atoms with Gasteiger partial charge in [0.25, 0.3) is 0 Å². The van der Waals surface area contributed by atoms with Crippen LogP contribution in [0.15, 0.2) is 24.5 Å². The minimum absolute atomic E-state index is 0. The molecule has 1 saturated heterocycles. The first-order chi connectivity index (χ1) is 7.27. The van der Waals surface area contributed by atoms with Crippen molar-refractivity contribution in [1.82, 2.24) is 9.88 Å². The number of hydrogen-bond acceptors (Lipinski definition) is 3. The first-order valence-corrected chi connectivity index (χ1v) is 5.24. The quantitative estimate of drug-likeness (QED) is 0.573. The number of pyridine rings is 1. The van der Waals surface area contributed by atoms with Gasteiger partial charge in [-0.3, -0.25) is 9.78 Å². The van der Waals surface area contributed by atoms with Gasteiger partial charge in [0.1, 0.15) is 0 Å². The molecule has 0 bridgehead atoms. The van der Waals surface area contributed by atoms with E-state index in [1.54, 1.807) is 17.3 Å². The molecule has 1 aromatic rings. The van der Waals surface area contributed by atoms with Crippen molar-refractivity contribution in [1.29, 1.82) is 0 Å². The average Bonchev–Trinajstić information content (AvgIpc) is 2.30. The maximum atomic E-state index is 10.9. The molecular formula is C10H13Cl2N3O. The van der Waals surface area contributed by atoms with Crippen LogP contribution >= 0.6 is 24.0 Å². The van der Waals surface area contributed by atoms with Gasteiger partial charge in [0.15, 0.2) is 0 Å². The Bertz CT molecular complexity index is 339. The van der Waals surface area contributed by atoms with E-state index in [0.717, 1.165) is 18.8 Å². The SMILES string of the molecule is Cl.O=C(Cl)N1CCN(c2ccncc2)CC1. The van der Waals surface area contributed by atoms with E-state index in [0.29, 0.717) is 13.1 Å². The summed E-state index contributed by atoms with van der Waals surface area (Å²) < 4.78 is 0. The number of piperazine rings is 1. The number of hydrogen-bond donors (Lipinski definition) is 0. The third-order valence-corrected chi connectivity index (χ3v) is 2.80. The average molecular weight is 262 g/mol. The first kappa shape index (κ1) is 13.1. The number of rotatable bonds is 1. The third-order valence-electron chi connectivity index (χ3n) is 2.56. The number of anilines is 1. The standard InChI is InChI=1S/C10H12ClN3O.ClH/c11-10(15)14-7-5-13(6-8-14)9-1-3-12-4-2-9;/h1-4H,5-8H2;1H. The van der Waals surface area contributed by atoms with Crippen molar-refractivity contribution in [3.05, 3.63) is 24.5 Å². The van der Waals surface area contributed by atoms with Crippen LogP contribution in [-0.2, 0) is 0 Å². The molecule has 1 aromatic heterocycles. The molecule has 0 N–H and O–H groups in total. The molecule has 4 nitrogen and oxygen atoms in total. The molecule has 0 saturated carbocycles. The van der Waals surface area contributed by atoms with Gasteiger partial charge in [-0.15, -0.1) is 12.4 Å². The Morgan fingerprint density at radius 2 is 1.75 bits per heavy atom. The van der Waals surface area contributed by atoms with Gasteiger partial charge >= 0.3 is 5.37 Å². The van der Waals surface area contributed by atoms with E-state index >= 15 is 0 Å². The van der Waals surface area contributed by atoms with Crippen LogP contribution < -0.4 is 4.90 Å². The molecule has 0 atom stereocenters. The van der Waals surface area contributed by atoms with Crippen LogP contribution in [0.4, 0.5) is 10.5 Å². The molecule has 0 aromatic carbocycles. The largest absolute Gasteiger partial charge is 0.368 e. The van der Waals surface area contributed by atoms with E-state index in [1.165, 1.54) is 0 Å². The Morgan fingerprint density at radius 1 is 1.19 bits per heavy atom. The summed E-state index contributed by atoms with van der Waals surface area (Å²) in [5.74, 6) is 0. The van der Waals surface area contributed by atoms with Gasteiger partial charge < -0.3 is 9.80 Å². The molecule has 2 heterocycles. The predicted molar refractivity (Wildman–Crippen MR) is 66.5 cm³/mol. The van der Waals surface area contributed by atoms with Gasteiger partial charge in [-0.05, 0) is 23.7 Å². The minimum Gasteiger partial charge on any atom is -0.368 e. The number of nitrogens with zero attached hydrogens (tertiary/aromatic N) is 3. The van der Waals surface area contributed by atoms with Gasteiger partial charge in [-0.2, -0.15) is 0 Å². The zero-order chi connectivity index (χ0) is 10.7. The second kappa shape index (κ2) is 5.92. The Morgan fingerprint density at radius 3 is 2.25 bits per heavy atom. The molecule has 0 aliphatic carbocycles. The van der Waals surface area contributed by atoms with Crippen molar-refractivity contribution in [3.8, 4) is 0 Å². The fourth-order valence-corrected chi connectivity index (χ4v) is 1.86. The summed E-state index contributed by atoms with van der Waals surface area (Å²) in [4.78, 5) is 18.7. The van der Waals surface area contributed by atoms with Crippen molar-refractivity contribution in [3.63, 3.8) is 0 Å². The van der Waals surface area contributed by atoms with Crippen LogP contribution in [-0.4, -0.2) is 41.4 Å². The summed E-state index contributed by atoms with van der Waals surface area (Å²) >= 11 is 5.41.